The molecule has 18 heteroatoms. The van der Waals surface area contributed by atoms with Crippen molar-refractivity contribution < 1.29 is 55.3 Å². The molecule has 1 aromatic carbocycles. The number of alkyl halides is 6. The Labute approximate surface area is 275 Å². The van der Waals surface area contributed by atoms with Crippen LogP contribution in [0.2, 0.25) is 0 Å². The Hall–Kier alpha value is -4.74. The van der Waals surface area contributed by atoms with Crippen LogP contribution in [0, 0.1) is 0 Å². The van der Waals surface area contributed by atoms with Crippen molar-refractivity contribution in [1.29, 1.82) is 0 Å². The average Bonchev–Trinajstić information content (AvgIpc) is 3.35. The van der Waals surface area contributed by atoms with Crippen molar-refractivity contribution in [3.63, 3.8) is 0 Å². The molecule has 49 heavy (non-hydrogen) atoms. The van der Waals surface area contributed by atoms with E-state index in [1.165, 1.54) is 11.2 Å². The van der Waals surface area contributed by atoms with Crippen molar-refractivity contribution in [2.45, 2.75) is 69.1 Å². The minimum Gasteiger partial charge on any atom is -0.490 e. The van der Waals surface area contributed by atoms with Gasteiger partial charge in [-0.05, 0) is 63.8 Å². The topological polar surface area (TPSA) is 138 Å². The molecule has 3 amide bonds. The van der Waals surface area contributed by atoms with E-state index < -0.39 is 35.8 Å². The quantitative estimate of drug-likeness (QED) is 0.266. The number of pyridine rings is 1. The van der Waals surface area contributed by atoms with Crippen LogP contribution >= 0.6 is 0 Å². The number of ether oxygens (including phenoxy) is 2. The van der Waals surface area contributed by atoms with E-state index in [0.29, 0.717) is 37.8 Å². The molecule has 3 aliphatic rings. The van der Waals surface area contributed by atoms with E-state index in [9.17, 15) is 35.9 Å². The van der Waals surface area contributed by atoms with Crippen LogP contribution in [0.15, 0.2) is 43.0 Å². The van der Waals surface area contributed by atoms with E-state index in [0.717, 1.165) is 59.7 Å². The minimum absolute atomic E-state index is 0.0572. The van der Waals surface area contributed by atoms with Crippen molar-refractivity contribution in [2.75, 3.05) is 31.6 Å². The number of likely N-dealkylation sites (tertiary alicyclic amines) is 1. The van der Waals surface area contributed by atoms with E-state index in [-0.39, 0.29) is 30.5 Å². The molecule has 0 unspecified atom stereocenters. The fourth-order valence-electron chi connectivity index (χ4n) is 5.86. The number of carbonyl (C=O) groups is 3. The molecule has 12 nitrogen and oxygen atoms in total. The zero-order valence-electron chi connectivity index (χ0n) is 26.1. The van der Waals surface area contributed by atoms with Gasteiger partial charge in [-0.1, -0.05) is 0 Å². The van der Waals surface area contributed by atoms with Crippen molar-refractivity contribution >= 4 is 34.5 Å². The van der Waals surface area contributed by atoms with Gasteiger partial charge in [-0.15, -0.1) is 0 Å². The predicted molar refractivity (Wildman–Crippen MR) is 160 cm³/mol. The van der Waals surface area contributed by atoms with Crippen LogP contribution in [0.25, 0.3) is 10.9 Å². The molecule has 0 bridgehead atoms. The molecule has 0 spiro atoms. The first-order chi connectivity index (χ1) is 23.1. The van der Waals surface area contributed by atoms with E-state index in [1.807, 2.05) is 18.2 Å². The van der Waals surface area contributed by atoms with Crippen molar-refractivity contribution in [1.82, 2.24) is 24.8 Å². The number of benzene rings is 1. The Kier molecular flexibility index (Phi) is 10.4. The Balaban J connectivity index is 0.000000606. The van der Waals surface area contributed by atoms with Crippen LogP contribution < -0.4 is 14.4 Å². The SMILES string of the molecule is CN1CCC(Oc2ccc3c(O[C@H]4CC[C@H](N5C(=O)CN(c6cncc(C(F)(F)F)c6)C5=O)CC4)ncnc3c2)CC1.O=C(O)C(F)(F)F. The lowest BCUT2D eigenvalue weighted by Gasteiger charge is -2.33. The largest absolute Gasteiger partial charge is 0.490 e. The van der Waals surface area contributed by atoms with Gasteiger partial charge in [-0.25, -0.2) is 19.6 Å². The number of urea groups is 1. The summed E-state index contributed by atoms with van der Waals surface area (Å²) in [6.07, 6.45) is -2.25. The summed E-state index contributed by atoms with van der Waals surface area (Å²) in [4.78, 5) is 51.7. The zero-order chi connectivity index (χ0) is 35.5. The maximum Gasteiger partial charge on any atom is 0.490 e. The van der Waals surface area contributed by atoms with Crippen LogP contribution in [0.5, 0.6) is 11.6 Å². The number of carbonyl (C=O) groups excluding carboxylic acids is 2. The van der Waals surface area contributed by atoms with Gasteiger partial charge in [-0.2, -0.15) is 26.3 Å². The second-order valence-electron chi connectivity index (χ2n) is 11.9. The first-order valence-electron chi connectivity index (χ1n) is 15.3. The molecule has 0 radical (unpaired) electrons. The first-order valence-corrected chi connectivity index (χ1v) is 15.3. The number of amides is 3. The molecule has 264 valence electrons. The molecule has 0 atom stereocenters. The van der Waals surface area contributed by atoms with E-state index >= 15 is 0 Å². The number of aliphatic carboxylic acids is 1. The minimum atomic E-state index is -5.08. The highest BCUT2D eigenvalue weighted by Crippen LogP contribution is 2.35. The highest BCUT2D eigenvalue weighted by Gasteiger charge is 2.43. The summed E-state index contributed by atoms with van der Waals surface area (Å²) in [6, 6.07) is 5.54. The fourth-order valence-corrected chi connectivity index (χ4v) is 5.86. The Morgan fingerprint density at radius 2 is 1.55 bits per heavy atom. The zero-order valence-corrected chi connectivity index (χ0v) is 26.1. The summed E-state index contributed by atoms with van der Waals surface area (Å²) in [5, 5.41) is 7.89. The van der Waals surface area contributed by atoms with Gasteiger partial charge in [0.05, 0.1) is 28.4 Å². The molecule has 2 saturated heterocycles. The van der Waals surface area contributed by atoms with Crippen molar-refractivity contribution in [3.05, 3.63) is 48.5 Å². The number of piperidine rings is 1. The summed E-state index contributed by atoms with van der Waals surface area (Å²) >= 11 is 0. The Morgan fingerprint density at radius 3 is 2.18 bits per heavy atom. The van der Waals surface area contributed by atoms with Gasteiger partial charge in [0.25, 0.3) is 5.91 Å². The number of imide groups is 1. The number of nitrogens with zero attached hydrogens (tertiary/aromatic N) is 6. The number of carboxylic acid groups (broad SMARTS) is 1. The number of fused-ring (bicyclic) bond motifs is 1. The van der Waals surface area contributed by atoms with Gasteiger partial charge in [0.15, 0.2) is 0 Å². The number of carboxylic acids is 1. The number of rotatable bonds is 6. The normalized spacial score (nSPS) is 21.0. The van der Waals surface area contributed by atoms with Gasteiger partial charge < -0.3 is 19.5 Å². The fraction of sp³-hybridized carbons (Fsp3) is 0.484. The highest BCUT2D eigenvalue weighted by molar-refractivity contribution is 6.12. The van der Waals surface area contributed by atoms with Gasteiger partial charge in [0.1, 0.15) is 30.8 Å². The third-order valence-electron chi connectivity index (χ3n) is 8.43. The molecule has 3 fully saturated rings. The second kappa shape index (κ2) is 14.4. The van der Waals surface area contributed by atoms with Crippen LogP contribution in [0.4, 0.5) is 36.8 Å². The standard InChI is InChI=1S/C29H31F3N6O4.C2HF3O2/c1-36-10-8-22(9-11-36)41-23-6-7-24-25(13-23)34-17-35-27(24)42-21-4-2-19(3-5-21)38-26(39)16-37(28(38)40)20-12-18(14-33-15-20)29(30,31)32;3-2(4,5)1(6)7/h6-7,12-15,17,19,21-22H,2-5,8-11,16H2,1H3;(H,6,7)/t19-,21-;. The molecule has 1 aliphatic carbocycles. The van der Waals surface area contributed by atoms with E-state index in [1.54, 1.807) is 0 Å². The third-order valence-corrected chi connectivity index (χ3v) is 8.43. The molecule has 1 N–H and O–H groups in total. The number of hydrogen-bond donors (Lipinski definition) is 1. The Bertz CT molecular complexity index is 1670. The Morgan fingerprint density at radius 1 is 0.898 bits per heavy atom. The molecule has 1 saturated carbocycles. The summed E-state index contributed by atoms with van der Waals surface area (Å²) in [7, 11) is 2.11. The van der Waals surface area contributed by atoms with E-state index in [4.69, 9.17) is 19.4 Å². The monoisotopic (exact) mass is 698 g/mol. The maximum absolute atomic E-state index is 13.1. The lowest BCUT2D eigenvalue weighted by Crippen LogP contribution is -2.44. The van der Waals surface area contributed by atoms with Crippen LogP contribution in [0.3, 0.4) is 0 Å². The summed E-state index contributed by atoms with van der Waals surface area (Å²) in [5.74, 6) is -1.97. The number of anilines is 1. The molecular formula is C31H32F6N6O6. The molecule has 3 aromatic rings. The third kappa shape index (κ3) is 8.65. The molecular weight excluding hydrogens is 666 g/mol. The number of hydrogen-bond acceptors (Lipinski definition) is 9. The summed E-state index contributed by atoms with van der Waals surface area (Å²) in [5.41, 5.74) is -0.315. The lowest BCUT2D eigenvalue weighted by atomic mass is 9.92. The maximum atomic E-state index is 13.1. The molecule has 2 aromatic heterocycles. The van der Waals surface area contributed by atoms with Crippen LogP contribution in [0.1, 0.15) is 44.1 Å². The van der Waals surface area contributed by atoms with Crippen molar-refractivity contribution in [2.24, 2.45) is 0 Å². The molecule has 6 rings (SSSR count). The molecule has 2 aliphatic heterocycles. The van der Waals surface area contributed by atoms with E-state index in [2.05, 4.69) is 26.9 Å². The second-order valence-corrected chi connectivity index (χ2v) is 11.9. The smallest absolute Gasteiger partial charge is 0.490 e. The highest BCUT2D eigenvalue weighted by atomic mass is 19.4. The van der Waals surface area contributed by atoms with Gasteiger partial charge >= 0.3 is 24.4 Å². The van der Waals surface area contributed by atoms with Gasteiger partial charge in [0, 0.05) is 31.4 Å². The number of aromatic nitrogens is 3. The van der Waals surface area contributed by atoms with Crippen molar-refractivity contribution in [3.8, 4) is 11.6 Å². The first kappa shape index (κ1) is 35.6. The van der Waals surface area contributed by atoms with Gasteiger partial charge in [-0.3, -0.25) is 19.6 Å². The van der Waals surface area contributed by atoms with Crippen LogP contribution in [-0.2, 0) is 15.8 Å². The van der Waals surface area contributed by atoms with Gasteiger partial charge in [0.2, 0.25) is 5.88 Å². The average molecular weight is 699 g/mol. The lowest BCUT2D eigenvalue weighted by molar-refractivity contribution is -0.192. The summed E-state index contributed by atoms with van der Waals surface area (Å²) in [6.45, 7) is 1.69. The van der Waals surface area contributed by atoms with Crippen LogP contribution in [-0.4, -0.2) is 98.9 Å². The number of halogens is 6. The summed E-state index contributed by atoms with van der Waals surface area (Å²) < 4.78 is 83.6. The predicted octanol–water partition coefficient (Wildman–Crippen LogP) is 5.31. The molecule has 4 heterocycles.